The van der Waals surface area contributed by atoms with Crippen molar-refractivity contribution >= 4 is 38.9 Å². The Morgan fingerprint density at radius 1 is 1.56 bits per heavy atom. The summed E-state index contributed by atoms with van der Waals surface area (Å²) in [6, 6.07) is 4.65. The van der Waals surface area contributed by atoms with Crippen LogP contribution in [-0.2, 0) is 6.54 Å². The van der Waals surface area contributed by atoms with Gasteiger partial charge in [-0.05, 0) is 28.1 Å². The van der Waals surface area contributed by atoms with Crippen LogP contribution in [0.5, 0.6) is 0 Å². The maximum atomic E-state index is 13.5. The van der Waals surface area contributed by atoms with E-state index in [1.165, 1.54) is 6.07 Å². The molecule has 2 N–H and O–H groups in total. The zero-order chi connectivity index (χ0) is 13.1. The zero-order valence-corrected chi connectivity index (χ0v) is 11.4. The van der Waals surface area contributed by atoms with Crippen molar-refractivity contribution in [3.8, 4) is 0 Å². The minimum absolute atomic E-state index is 0.0272. The van der Waals surface area contributed by atoms with Crippen LogP contribution in [0.15, 0.2) is 28.1 Å². The van der Waals surface area contributed by atoms with Gasteiger partial charge in [-0.1, -0.05) is 6.07 Å². The molecule has 0 fully saturated rings. The van der Waals surface area contributed by atoms with Crippen LogP contribution in [0.4, 0.5) is 10.1 Å². The summed E-state index contributed by atoms with van der Waals surface area (Å²) >= 11 is 4.28. The number of hydrogen-bond acceptors (Lipinski definition) is 4. The van der Waals surface area contributed by atoms with Crippen LogP contribution in [0.1, 0.15) is 15.5 Å². The van der Waals surface area contributed by atoms with Crippen LogP contribution in [0, 0.1) is 5.82 Å². The topological polar surface area (TPSA) is 62.2 Å². The number of aromatic carboxylic acids is 1. The van der Waals surface area contributed by atoms with Crippen LogP contribution in [0.3, 0.4) is 0 Å². The number of thiazole rings is 1. The first-order valence-electron chi connectivity index (χ1n) is 4.93. The molecule has 1 heterocycles. The number of para-hydroxylation sites is 1. The molecule has 1 aromatic heterocycles. The zero-order valence-electron chi connectivity index (χ0n) is 8.98. The molecule has 18 heavy (non-hydrogen) atoms. The van der Waals surface area contributed by atoms with Gasteiger partial charge >= 0.3 is 5.97 Å². The van der Waals surface area contributed by atoms with Gasteiger partial charge in [0.15, 0.2) is 0 Å². The second-order valence-electron chi connectivity index (χ2n) is 3.40. The molecule has 1 aromatic carbocycles. The molecule has 0 aliphatic rings. The lowest BCUT2D eigenvalue weighted by molar-refractivity contribution is 0.0696. The van der Waals surface area contributed by atoms with Gasteiger partial charge in [-0.15, -0.1) is 11.3 Å². The van der Waals surface area contributed by atoms with Crippen LogP contribution in [0.2, 0.25) is 0 Å². The van der Waals surface area contributed by atoms with E-state index in [1.807, 2.05) is 0 Å². The lowest BCUT2D eigenvalue weighted by Crippen LogP contribution is -2.03. The molecular weight excluding hydrogens is 323 g/mol. The first-order valence-corrected chi connectivity index (χ1v) is 6.61. The normalized spacial score (nSPS) is 10.3. The van der Waals surface area contributed by atoms with Crippen LogP contribution < -0.4 is 5.32 Å². The highest BCUT2D eigenvalue weighted by Gasteiger charge is 2.10. The third-order valence-electron chi connectivity index (χ3n) is 2.14. The minimum atomic E-state index is -1.06. The molecule has 0 aliphatic heterocycles. The Balaban J connectivity index is 2.09. The van der Waals surface area contributed by atoms with Gasteiger partial charge in [-0.25, -0.2) is 14.2 Å². The third-order valence-corrected chi connectivity index (χ3v) is 3.68. The number of nitrogens with one attached hydrogen (secondary N) is 1. The Morgan fingerprint density at radius 2 is 2.33 bits per heavy atom. The number of hydrogen-bond donors (Lipinski definition) is 2. The molecule has 0 bridgehead atoms. The van der Waals surface area contributed by atoms with E-state index in [9.17, 15) is 9.18 Å². The fourth-order valence-electron chi connectivity index (χ4n) is 1.33. The molecule has 0 aliphatic carbocycles. The summed E-state index contributed by atoms with van der Waals surface area (Å²) in [7, 11) is 0. The highest BCUT2D eigenvalue weighted by molar-refractivity contribution is 9.10. The lowest BCUT2D eigenvalue weighted by atomic mass is 10.3. The number of carboxylic acid groups (broad SMARTS) is 1. The molecule has 2 rings (SSSR count). The Kier molecular flexibility index (Phi) is 3.93. The van der Waals surface area contributed by atoms with E-state index in [-0.39, 0.29) is 17.4 Å². The second-order valence-corrected chi connectivity index (χ2v) is 5.11. The quantitative estimate of drug-likeness (QED) is 0.902. The Morgan fingerprint density at radius 3 is 2.94 bits per heavy atom. The van der Waals surface area contributed by atoms with E-state index in [0.29, 0.717) is 15.9 Å². The van der Waals surface area contributed by atoms with Crippen molar-refractivity contribution in [1.82, 2.24) is 4.98 Å². The number of nitrogens with zero attached hydrogens (tertiary/aromatic N) is 1. The Bertz CT molecular complexity index is 568. The maximum absolute atomic E-state index is 13.5. The molecule has 94 valence electrons. The van der Waals surface area contributed by atoms with Crippen molar-refractivity contribution < 1.29 is 14.3 Å². The summed E-state index contributed by atoms with van der Waals surface area (Å²) < 4.78 is 14.1. The van der Waals surface area contributed by atoms with E-state index in [2.05, 4.69) is 26.2 Å². The molecule has 0 saturated carbocycles. The van der Waals surface area contributed by atoms with Gasteiger partial charge in [-0.2, -0.15) is 0 Å². The highest BCUT2D eigenvalue weighted by atomic mass is 79.9. The second kappa shape index (κ2) is 5.45. The molecule has 0 saturated heterocycles. The number of carbonyl (C=O) groups is 1. The van der Waals surface area contributed by atoms with Gasteiger partial charge in [0.05, 0.1) is 17.9 Å². The van der Waals surface area contributed by atoms with Gasteiger partial charge in [0.1, 0.15) is 5.82 Å². The van der Waals surface area contributed by atoms with Crippen molar-refractivity contribution in [3.05, 3.63) is 44.6 Å². The van der Waals surface area contributed by atoms with Gasteiger partial charge in [0.2, 0.25) is 5.01 Å². The molecule has 0 atom stereocenters. The third kappa shape index (κ3) is 2.85. The fourth-order valence-corrected chi connectivity index (χ4v) is 2.47. The number of aromatic nitrogens is 1. The summed E-state index contributed by atoms with van der Waals surface area (Å²) in [4.78, 5) is 14.6. The number of anilines is 1. The number of carboxylic acids is 1. The average Bonchev–Trinajstić information content (AvgIpc) is 2.77. The van der Waals surface area contributed by atoms with E-state index in [4.69, 9.17) is 5.11 Å². The van der Waals surface area contributed by atoms with E-state index in [0.717, 1.165) is 11.3 Å². The average molecular weight is 331 g/mol. The predicted molar refractivity (Wildman–Crippen MR) is 70.5 cm³/mol. The van der Waals surface area contributed by atoms with Gasteiger partial charge in [-0.3, -0.25) is 0 Å². The largest absolute Gasteiger partial charge is 0.476 e. The maximum Gasteiger partial charge on any atom is 0.365 e. The fraction of sp³-hybridized carbons (Fsp3) is 0.0909. The summed E-state index contributed by atoms with van der Waals surface area (Å²) in [5, 5.41) is 13.3. The molecule has 0 unspecified atom stereocenters. The first kappa shape index (κ1) is 13.0. The van der Waals surface area contributed by atoms with E-state index in [1.54, 1.807) is 17.5 Å². The van der Waals surface area contributed by atoms with Crippen molar-refractivity contribution in [2.24, 2.45) is 0 Å². The van der Waals surface area contributed by atoms with Gasteiger partial charge < -0.3 is 10.4 Å². The lowest BCUT2D eigenvalue weighted by Gasteiger charge is -2.07. The van der Waals surface area contributed by atoms with E-state index >= 15 is 0 Å². The minimum Gasteiger partial charge on any atom is -0.476 e. The summed E-state index contributed by atoms with van der Waals surface area (Å²) in [5.41, 5.74) is 0.898. The highest BCUT2D eigenvalue weighted by Crippen LogP contribution is 2.25. The summed E-state index contributed by atoms with van der Waals surface area (Å²) in [6.45, 7) is 0.267. The van der Waals surface area contributed by atoms with Gasteiger partial charge in [0, 0.05) is 9.85 Å². The first-order chi connectivity index (χ1) is 8.58. The van der Waals surface area contributed by atoms with Crippen molar-refractivity contribution in [2.45, 2.75) is 6.54 Å². The summed E-state index contributed by atoms with van der Waals surface area (Å²) in [6.07, 6.45) is 0. The molecule has 0 amide bonds. The summed E-state index contributed by atoms with van der Waals surface area (Å²) in [5.74, 6) is -1.43. The van der Waals surface area contributed by atoms with Crippen LogP contribution in [-0.4, -0.2) is 16.1 Å². The number of rotatable bonds is 4. The smallest absolute Gasteiger partial charge is 0.365 e. The SMILES string of the molecule is O=C(O)c1nc(CNc2c(F)cccc2Br)cs1. The van der Waals surface area contributed by atoms with E-state index < -0.39 is 5.97 Å². The number of halogens is 2. The number of benzene rings is 1. The van der Waals surface area contributed by atoms with Crippen molar-refractivity contribution in [3.63, 3.8) is 0 Å². The predicted octanol–water partition coefficient (Wildman–Crippen LogP) is 3.36. The van der Waals surface area contributed by atoms with Crippen LogP contribution in [0.25, 0.3) is 0 Å². The molecule has 4 nitrogen and oxygen atoms in total. The molecule has 2 aromatic rings. The van der Waals surface area contributed by atoms with Crippen molar-refractivity contribution in [1.29, 1.82) is 0 Å². The molecule has 0 spiro atoms. The molecular formula is C11H8BrFN2O2S. The molecule has 0 radical (unpaired) electrons. The Hall–Kier alpha value is -1.47. The standard InChI is InChI=1S/C11H8BrFN2O2S/c12-7-2-1-3-8(13)9(7)14-4-6-5-18-10(15-6)11(16)17/h1-3,5,14H,4H2,(H,16,17). The Labute approximate surface area is 115 Å². The molecule has 7 heteroatoms. The van der Waals surface area contributed by atoms with Crippen LogP contribution >= 0.6 is 27.3 Å². The monoisotopic (exact) mass is 330 g/mol. The van der Waals surface area contributed by atoms with Gasteiger partial charge in [0.25, 0.3) is 0 Å². The van der Waals surface area contributed by atoms with Crippen molar-refractivity contribution in [2.75, 3.05) is 5.32 Å².